The van der Waals surface area contributed by atoms with E-state index in [0.29, 0.717) is 16.4 Å². The first-order valence-electron chi connectivity index (χ1n) is 5.67. The van der Waals surface area contributed by atoms with Crippen LogP contribution >= 0.6 is 11.6 Å². The molecule has 1 aliphatic heterocycles. The molecule has 0 amide bonds. The number of hydrogen-bond donors (Lipinski definition) is 2. The van der Waals surface area contributed by atoms with Gasteiger partial charge in [-0.1, -0.05) is 18.5 Å². The summed E-state index contributed by atoms with van der Waals surface area (Å²) in [5.41, 5.74) is 14.1. The Balaban J connectivity index is 2.23. The Morgan fingerprint density at radius 2 is 1.81 bits per heavy atom. The van der Waals surface area contributed by atoms with Crippen molar-refractivity contribution in [2.75, 3.05) is 29.5 Å². The summed E-state index contributed by atoms with van der Waals surface area (Å²) in [6.45, 7) is 4.38. The SMILES string of the molecule is CC1CCN(c2cc(N)c(Cl)cc2N)CC1. The summed E-state index contributed by atoms with van der Waals surface area (Å²) < 4.78 is 0. The van der Waals surface area contributed by atoms with E-state index in [1.54, 1.807) is 6.07 Å². The van der Waals surface area contributed by atoms with Crippen molar-refractivity contribution in [1.29, 1.82) is 0 Å². The molecule has 0 aromatic heterocycles. The fourth-order valence-electron chi connectivity index (χ4n) is 2.12. The number of nitrogen functional groups attached to an aromatic ring is 2. The molecule has 1 saturated heterocycles. The molecule has 0 saturated carbocycles. The number of nitrogens with two attached hydrogens (primary N) is 2. The van der Waals surface area contributed by atoms with E-state index in [2.05, 4.69) is 11.8 Å². The lowest BCUT2D eigenvalue weighted by molar-refractivity contribution is 0.439. The minimum absolute atomic E-state index is 0.534. The van der Waals surface area contributed by atoms with Gasteiger partial charge in [0.2, 0.25) is 0 Å². The lowest BCUT2D eigenvalue weighted by atomic mass is 9.98. The lowest BCUT2D eigenvalue weighted by Crippen LogP contribution is -2.33. The second kappa shape index (κ2) is 4.42. The third kappa shape index (κ3) is 2.19. The molecule has 0 unspecified atom stereocenters. The summed E-state index contributed by atoms with van der Waals surface area (Å²) >= 11 is 5.92. The van der Waals surface area contributed by atoms with Crippen LogP contribution in [0, 0.1) is 5.92 Å². The fraction of sp³-hybridized carbons (Fsp3) is 0.500. The number of anilines is 3. The third-order valence-corrected chi connectivity index (χ3v) is 3.60. The second-order valence-electron chi connectivity index (χ2n) is 4.60. The second-order valence-corrected chi connectivity index (χ2v) is 5.01. The fourth-order valence-corrected chi connectivity index (χ4v) is 2.29. The highest BCUT2D eigenvalue weighted by molar-refractivity contribution is 6.33. The van der Waals surface area contributed by atoms with Gasteiger partial charge in [0.05, 0.1) is 22.1 Å². The molecule has 0 bridgehead atoms. The average Bonchev–Trinajstić information content (AvgIpc) is 2.25. The summed E-state index contributed by atoms with van der Waals surface area (Å²) in [6, 6.07) is 3.62. The van der Waals surface area contributed by atoms with E-state index < -0.39 is 0 Å². The Labute approximate surface area is 101 Å². The largest absolute Gasteiger partial charge is 0.397 e. The molecule has 4 heteroatoms. The monoisotopic (exact) mass is 239 g/mol. The predicted molar refractivity (Wildman–Crippen MR) is 70.9 cm³/mol. The van der Waals surface area contributed by atoms with Crippen LogP contribution in [0.4, 0.5) is 17.1 Å². The van der Waals surface area contributed by atoms with E-state index in [1.165, 1.54) is 12.8 Å². The van der Waals surface area contributed by atoms with Crippen LogP contribution in [0.25, 0.3) is 0 Å². The molecule has 1 aromatic rings. The van der Waals surface area contributed by atoms with Crippen LogP contribution in [0.2, 0.25) is 5.02 Å². The van der Waals surface area contributed by atoms with Gasteiger partial charge in [0.1, 0.15) is 0 Å². The summed E-state index contributed by atoms with van der Waals surface area (Å²) in [6.07, 6.45) is 2.42. The van der Waals surface area contributed by atoms with E-state index in [4.69, 9.17) is 23.1 Å². The molecule has 1 aromatic carbocycles. The van der Waals surface area contributed by atoms with Gasteiger partial charge < -0.3 is 16.4 Å². The van der Waals surface area contributed by atoms with Crippen molar-refractivity contribution >= 4 is 28.7 Å². The van der Waals surface area contributed by atoms with Gasteiger partial charge in [-0.25, -0.2) is 0 Å². The summed E-state index contributed by atoms with van der Waals surface area (Å²) in [5, 5.41) is 0.534. The van der Waals surface area contributed by atoms with Gasteiger partial charge in [-0.2, -0.15) is 0 Å². The van der Waals surface area contributed by atoms with Gasteiger partial charge in [0.15, 0.2) is 0 Å². The van der Waals surface area contributed by atoms with Gasteiger partial charge in [-0.15, -0.1) is 0 Å². The smallest absolute Gasteiger partial charge is 0.0657 e. The van der Waals surface area contributed by atoms with Gasteiger partial charge in [-0.05, 0) is 30.9 Å². The third-order valence-electron chi connectivity index (χ3n) is 3.27. The topological polar surface area (TPSA) is 55.3 Å². The lowest BCUT2D eigenvalue weighted by Gasteiger charge is -2.33. The van der Waals surface area contributed by atoms with Crippen molar-refractivity contribution in [2.24, 2.45) is 5.92 Å². The van der Waals surface area contributed by atoms with E-state index in [-0.39, 0.29) is 0 Å². The Kier molecular flexibility index (Phi) is 3.15. The van der Waals surface area contributed by atoms with Crippen LogP contribution in [0.3, 0.4) is 0 Å². The van der Waals surface area contributed by atoms with E-state index in [1.807, 2.05) is 6.07 Å². The Bertz CT molecular complexity index is 384. The zero-order valence-electron chi connectivity index (χ0n) is 9.54. The van der Waals surface area contributed by atoms with Crippen LogP contribution in [0.1, 0.15) is 19.8 Å². The molecule has 0 radical (unpaired) electrons. The molecule has 88 valence electrons. The van der Waals surface area contributed by atoms with E-state index in [9.17, 15) is 0 Å². The maximum atomic E-state index is 5.97. The van der Waals surface area contributed by atoms with Crippen molar-refractivity contribution in [1.82, 2.24) is 0 Å². The quantitative estimate of drug-likeness (QED) is 0.741. The molecule has 16 heavy (non-hydrogen) atoms. The molecule has 0 atom stereocenters. The van der Waals surface area contributed by atoms with Crippen LogP contribution in [0.5, 0.6) is 0 Å². The minimum atomic E-state index is 0.534. The predicted octanol–water partition coefficient (Wildman–Crippen LogP) is 2.74. The van der Waals surface area contributed by atoms with Crippen molar-refractivity contribution < 1.29 is 0 Å². The maximum Gasteiger partial charge on any atom is 0.0657 e. The molecule has 4 N–H and O–H groups in total. The minimum Gasteiger partial charge on any atom is -0.397 e. The molecule has 0 spiro atoms. The van der Waals surface area contributed by atoms with Gasteiger partial charge in [-0.3, -0.25) is 0 Å². The number of piperidine rings is 1. The first-order chi connectivity index (χ1) is 7.58. The van der Waals surface area contributed by atoms with Crippen LogP contribution in [-0.4, -0.2) is 13.1 Å². The molecule has 1 fully saturated rings. The Morgan fingerprint density at radius 1 is 1.19 bits per heavy atom. The number of benzene rings is 1. The number of nitrogens with zero attached hydrogens (tertiary/aromatic N) is 1. The van der Waals surface area contributed by atoms with Gasteiger partial charge in [0.25, 0.3) is 0 Å². The Hall–Kier alpha value is -1.09. The zero-order chi connectivity index (χ0) is 11.7. The molecule has 3 nitrogen and oxygen atoms in total. The summed E-state index contributed by atoms with van der Waals surface area (Å²) in [7, 11) is 0. The first kappa shape index (κ1) is 11.4. The number of rotatable bonds is 1. The molecule has 0 aliphatic carbocycles. The normalized spacial score (nSPS) is 17.8. The molecular formula is C12H18ClN3. The highest BCUT2D eigenvalue weighted by atomic mass is 35.5. The summed E-state index contributed by atoms with van der Waals surface area (Å²) in [5.74, 6) is 0.808. The Morgan fingerprint density at radius 3 is 2.44 bits per heavy atom. The zero-order valence-corrected chi connectivity index (χ0v) is 10.3. The number of halogens is 1. The highest BCUT2D eigenvalue weighted by Crippen LogP contribution is 2.33. The van der Waals surface area contributed by atoms with Crippen molar-refractivity contribution in [3.63, 3.8) is 0 Å². The average molecular weight is 240 g/mol. The van der Waals surface area contributed by atoms with Crippen molar-refractivity contribution in [3.05, 3.63) is 17.2 Å². The first-order valence-corrected chi connectivity index (χ1v) is 6.05. The number of hydrogen-bond acceptors (Lipinski definition) is 3. The molecule has 1 aliphatic rings. The van der Waals surface area contributed by atoms with Crippen molar-refractivity contribution in [3.8, 4) is 0 Å². The summed E-state index contributed by atoms with van der Waals surface area (Å²) in [4.78, 5) is 2.29. The molecule has 1 heterocycles. The standard InChI is InChI=1S/C12H18ClN3/c1-8-2-4-16(5-3-8)12-7-10(14)9(13)6-11(12)15/h6-8H,2-5,14-15H2,1H3. The van der Waals surface area contributed by atoms with Crippen LogP contribution in [-0.2, 0) is 0 Å². The van der Waals surface area contributed by atoms with Crippen LogP contribution in [0.15, 0.2) is 12.1 Å². The molecule has 2 rings (SSSR count). The maximum absolute atomic E-state index is 5.97. The van der Waals surface area contributed by atoms with Gasteiger partial charge in [0, 0.05) is 13.1 Å². The van der Waals surface area contributed by atoms with Gasteiger partial charge >= 0.3 is 0 Å². The highest BCUT2D eigenvalue weighted by Gasteiger charge is 2.18. The van der Waals surface area contributed by atoms with Crippen molar-refractivity contribution in [2.45, 2.75) is 19.8 Å². The van der Waals surface area contributed by atoms with E-state index in [0.717, 1.165) is 24.7 Å². The van der Waals surface area contributed by atoms with Crippen LogP contribution < -0.4 is 16.4 Å². The van der Waals surface area contributed by atoms with E-state index >= 15 is 0 Å². The molecular weight excluding hydrogens is 222 g/mol.